The molecule has 134 valence electrons. The molecule has 0 bridgehead atoms. The molecule has 1 unspecified atom stereocenters. The number of allylic oxidation sites excluding steroid dienone is 2. The smallest absolute Gasteiger partial charge is 0.253 e. The number of rotatable bonds is 4. The predicted molar refractivity (Wildman–Crippen MR) is 97.3 cm³/mol. The molecular formula is C20H26N2O3. The molecule has 1 heterocycles. The molecule has 0 aromatic heterocycles. The highest BCUT2D eigenvalue weighted by Crippen LogP contribution is 2.22. The van der Waals surface area contributed by atoms with E-state index >= 15 is 0 Å². The van der Waals surface area contributed by atoms with E-state index in [0.29, 0.717) is 30.3 Å². The van der Waals surface area contributed by atoms with Gasteiger partial charge < -0.3 is 15.3 Å². The number of nitrogens with one attached hydrogen (secondary N) is 1. The van der Waals surface area contributed by atoms with E-state index in [2.05, 4.69) is 17.5 Å². The number of carbonyl (C=O) groups is 2. The highest BCUT2D eigenvalue weighted by atomic mass is 16.3. The van der Waals surface area contributed by atoms with Gasteiger partial charge in [-0.3, -0.25) is 9.59 Å². The third-order valence-electron chi connectivity index (χ3n) is 5.18. The molecule has 1 aliphatic carbocycles. The van der Waals surface area contributed by atoms with Crippen molar-refractivity contribution in [2.45, 2.75) is 32.1 Å². The lowest BCUT2D eigenvalue weighted by Gasteiger charge is -2.31. The Morgan fingerprint density at radius 1 is 1.16 bits per heavy atom. The zero-order chi connectivity index (χ0) is 17.6. The van der Waals surface area contributed by atoms with Gasteiger partial charge in [-0.05, 0) is 56.2 Å². The number of nitrogens with zero attached hydrogens (tertiary/aromatic N) is 1. The molecule has 0 saturated carbocycles. The Hall–Kier alpha value is -2.14. The molecule has 1 aliphatic heterocycles. The van der Waals surface area contributed by atoms with Gasteiger partial charge in [0.05, 0.1) is 0 Å². The molecule has 2 amide bonds. The lowest BCUT2D eigenvalue weighted by molar-refractivity contribution is -0.120. The number of likely N-dealkylation sites (tertiary alicyclic amines) is 1. The molecule has 0 spiro atoms. The largest absolute Gasteiger partial charge is 0.396 e. The minimum absolute atomic E-state index is 0.00640. The lowest BCUT2D eigenvalue weighted by atomic mass is 9.93. The minimum Gasteiger partial charge on any atom is -0.396 e. The molecule has 5 heteroatoms. The number of amides is 2. The van der Waals surface area contributed by atoms with Crippen molar-refractivity contribution < 1.29 is 14.7 Å². The second-order valence-corrected chi connectivity index (χ2v) is 6.97. The average molecular weight is 342 g/mol. The van der Waals surface area contributed by atoms with Gasteiger partial charge in [-0.1, -0.05) is 18.2 Å². The van der Waals surface area contributed by atoms with Crippen LogP contribution < -0.4 is 5.32 Å². The molecule has 1 fully saturated rings. The van der Waals surface area contributed by atoms with Gasteiger partial charge >= 0.3 is 0 Å². The number of benzene rings is 1. The summed E-state index contributed by atoms with van der Waals surface area (Å²) in [6.07, 6.45) is 8.46. The van der Waals surface area contributed by atoms with Crippen molar-refractivity contribution in [1.29, 1.82) is 0 Å². The van der Waals surface area contributed by atoms with Crippen LogP contribution in [0.5, 0.6) is 0 Å². The summed E-state index contributed by atoms with van der Waals surface area (Å²) in [5.74, 6) is 0.340. The minimum atomic E-state index is -0.00640. The standard InChI is InChI=1S/C20H26N2O3/c23-14-15-9-11-22(12-10-15)20(25)17-7-4-8-18(13-17)21-19(24)16-5-2-1-3-6-16/h1-2,4,7-8,13,15-16,23H,3,5-6,9-12,14H2,(H,21,24). The fourth-order valence-electron chi connectivity index (χ4n) is 3.51. The van der Waals surface area contributed by atoms with Gasteiger partial charge in [-0.2, -0.15) is 0 Å². The first-order chi connectivity index (χ1) is 12.2. The average Bonchev–Trinajstić information content (AvgIpc) is 2.68. The molecular weight excluding hydrogens is 316 g/mol. The van der Waals surface area contributed by atoms with E-state index in [4.69, 9.17) is 0 Å². The topological polar surface area (TPSA) is 69.6 Å². The van der Waals surface area contributed by atoms with Crippen LogP contribution in [0.25, 0.3) is 0 Å². The highest BCUT2D eigenvalue weighted by Gasteiger charge is 2.24. The molecule has 1 aromatic rings. The maximum absolute atomic E-state index is 12.7. The van der Waals surface area contributed by atoms with E-state index in [-0.39, 0.29) is 24.3 Å². The van der Waals surface area contributed by atoms with Crippen molar-refractivity contribution in [3.05, 3.63) is 42.0 Å². The Bertz CT molecular complexity index is 648. The maximum atomic E-state index is 12.7. The summed E-state index contributed by atoms with van der Waals surface area (Å²) in [4.78, 5) is 26.9. The summed E-state index contributed by atoms with van der Waals surface area (Å²) >= 11 is 0. The van der Waals surface area contributed by atoms with E-state index in [1.54, 1.807) is 12.1 Å². The van der Waals surface area contributed by atoms with Crippen LogP contribution in [0, 0.1) is 11.8 Å². The second-order valence-electron chi connectivity index (χ2n) is 6.97. The number of hydrogen-bond donors (Lipinski definition) is 2. The number of aliphatic hydroxyl groups is 1. The number of aliphatic hydroxyl groups excluding tert-OH is 1. The second kappa shape index (κ2) is 8.30. The molecule has 3 rings (SSSR count). The third kappa shape index (κ3) is 4.48. The Morgan fingerprint density at radius 2 is 1.96 bits per heavy atom. The normalized spacial score (nSPS) is 21.2. The van der Waals surface area contributed by atoms with Crippen LogP contribution in [0.2, 0.25) is 0 Å². The first-order valence-electron chi connectivity index (χ1n) is 9.13. The Morgan fingerprint density at radius 3 is 2.64 bits per heavy atom. The van der Waals surface area contributed by atoms with Gasteiger partial charge in [0.25, 0.3) is 5.91 Å². The van der Waals surface area contributed by atoms with Gasteiger partial charge in [0.2, 0.25) is 5.91 Å². The van der Waals surface area contributed by atoms with Crippen molar-refractivity contribution in [2.75, 3.05) is 25.0 Å². The fraction of sp³-hybridized carbons (Fsp3) is 0.500. The number of carbonyl (C=O) groups excluding carboxylic acids is 2. The number of piperidine rings is 1. The summed E-state index contributed by atoms with van der Waals surface area (Å²) in [7, 11) is 0. The molecule has 25 heavy (non-hydrogen) atoms. The van der Waals surface area contributed by atoms with Crippen LogP contribution in [0.1, 0.15) is 42.5 Å². The van der Waals surface area contributed by atoms with Gasteiger partial charge in [0, 0.05) is 36.9 Å². The molecule has 5 nitrogen and oxygen atoms in total. The molecule has 2 aliphatic rings. The van der Waals surface area contributed by atoms with Crippen LogP contribution in [-0.2, 0) is 4.79 Å². The summed E-state index contributed by atoms with van der Waals surface area (Å²) in [5, 5.41) is 12.2. The van der Waals surface area contributed by atoms with Crippen LogP contribution >= 0.6 is 0 Å². The third-order valence-corrected chi connectivity index (χ3v) is 5.18. The van der Waals surface area contributed by atoms with E-state index in [0.717, 1.165) is 32.1 Å². The zero-order valence-electron chi connectivity index (χ0n) is 14.5. The molecule has 1 saturated heterocycles. The first-order valence-corrected chi connectivity index (χ1v) is 9.13. The summed E-state index contributed by atoms with van der Waals surface area (Å²) in [5.41, 5.74) is 1.28. The number of hydrogen-bond acceptors (Lipinski definition) is 3. The molecule has 0 radical (unpaired) electrons. The summed E-state index contributed by atoms with van der Waals surface area (Å²) in [6.45, 7) is 1.55. The summed E-state index contributed by atoms with van der Waals surface area (Å²) < 4.78 is 0. The predicted octanol–water partition coefficient (Wildman–Crippen LogP) is 2.83. The van der Waals surface area contributed by atoms with Crippen LogP contribution in [0.3, 0.4) is 0 Å². The monoisotopic (exact) mass is 342 g/mol. The van der Waals surface area contributed by atoms with Gasteiger partial charge in [0.1, 0.15) is 0 Å². The Labute approximate surface area is 148 Å². The van der Waals surface area contributed by atoms with E-state index < -0.39 is 0 Å². The van der Waals surface area contributed by atoms with Crippen LogP contribution in [0.4, 0.5) is 5.69 Å². The zero-order valence-corrected chi connectivity index (χ0v) is 14.5. The van der Waals surface area contributed by atoms with E-state index in [1.165, 1.54) is 0 Å². The van der Waals surface area contributed by atoms with Gasteiger partial charge in [-0.15, -0.1) is 0 Å². The Kier molecular flexibility index (Phi) is 5.87. The van der Waals surface area contributed by atoms with Crippen molar-refractivity contribution >= 4 is 17.5 Å². The highest BCUT2D eigenvalue weighted by molar-refractivity contribution is 5.97. The molecule has 1 atom stereocenters. The first kappa shape index (κ1) is 17.7. The molecule has 1 aromatic carbocycles. The summed E-state index contributed by atoms with van der Waals surface area (Å²) in [6, 6.07) is 7.19. The van der Waals surface area contributed by atoms with Crippen molar-refractivity contribution in [2.24, 2.45) is 11.8 Å². The van der Waals surface area contributed by atoms with Gasteiger partial charge in [-0.25, -0.2) is 0 Å². The van der Waals surface area contributed by atoms with Crippen LogP contribution in [0.15, 0.2) is 36.4 Å². The SMILES string of the molecule is O=C(Nc1cccc(C(=O)N2CCC(CO)CC2)c1)C1CC=CCC1. The van der Waals surface area contributed by atoms with Crippen molar-refractivity contribution in [3.8, 4) is 0 Å². The quantitative estimate of drug-likeness (QED) is 0.827. The fourth-order valence-corrected chi connectivity index (χ4v) is 3.51. The van der Waals surface area contributed by atoms with Crippen molar-refractivity contribution in [1.82, 2.24) is 4.90 Å². The Balaban J connectivity index is 1.62. The van der Waals surface area contributed by atoms with E-state index in [1.807, 2.05) is 17.0 Å². The lowest BCUT2D eigenvalue weighted by Crippen LogP contribution is -2.39. The van der Waals surface area contributed by atoms with Crippen molar-refractivity contribution in [3.63, 3.8) is 0 Å². The van der Waals surface area contributed by atoms with Gasteiger partial charge in [0.15, 0.2) is 0 Å². The van der Waals surface area contributed by atoms with Crippen LogP contribution in [-0.4, -0.2) is 41.5 Å². The number of anilines is 1. The maximum Gasteiger partial charge on any atom is 0.253 e. The van der Waals surface area contributed by atoms with E-state index in [9.17, 15) is 14.7 Å². The molecule has 2 N–H and O–H groups in total.